The van der Waals surface area contributed by atoms with Crippen LogP contribution in [0.5, 0.6) is 0 Å². The van der Waals surface area contributed by atoms with Crippen LogP contribution in [-0.2, 0) is 14.9 Å². The first-order valence-corrected chi connectivity index (χ1v) is 12.0. The van der Waals surface area contributed by atoms with Crippen LogP contribution in [0.2, 0.25) is 0 Å². The van der Waals surface area contributed by atoms with Gasteiger partial charge >= 0.3 is 0 Å². The largest absolute Gasteiger partial charge is 0.385 e. The number of anilines is 1. The quantitative estimate of drug-likeness (QED) is 0.463. The molecule has 0 radical (unpaired) electrons. The summed E-state index contributed by atoms with van der Waals surface area (Å²) in [6, 6.07) is 8.83. The molecule has 1 saturated heterocycles. The smallest absolute Gasteiger partial charge is 0.272 e. The van der Waals surface area contributed by atoms with E-state index in [9.17, 15) is 28.3 Å². The van der Waals surface area contributed by atoms with Crippen LogP contribution in [0.25, 0.3) is 0 Å². The first-order chi connectivity index (χ1) is 15.6. The van der Waals surface area contributed by atoms with Gasteiger partial charge in [-0.1, -0.05) is 19.1 Å². The Labute approximate surface area is 196 Å². The van der Waals surface area contributed by atoms with E-state index in [2.05, 4.69) is 11.4 Å². The molecule has 1 aliphatic heterocycles. The number of carbonyl (C=O) groups excluding carboxylic acids is 1. The third-order valence-corrected chi connectivity index (χ3v) is 8.21. The number of hydrogen-bond acceptors (Lipinski definition) is 6. The van der Waals surface area contributed by atoms with Gasteiger partial charge in [-0.15, -0.1) is 11.8 Å². The number of nitrogens with zero attached hydrogens (tertiary/aromatic N) is 2. The van der Waals surface area contributed by atoms with Crippen molar-refractivity contribution in [1.29, 1.82) is 5.26 Å². The molecule has 6 nitrogen and oxygen atoms in total. The van der Waals surface area contributed by atoms with E-state index in [1.165, 1.54) is 18.7 Å². The molecule has 2 fully saturated rings. The maximum absolute atomic E-state index is 14.3. The Morgan fingerprint density at radius 2 is 2.03 bits per heavy atom. The molecule has 6 atom stereocenters. The number of aliphatic hydroxyl groups excluding tert-OH is 1. The molecule has 1 aromatic rings. The number of benzene rings is 1. The lowest BCUT2D eigenvalue weighted by atomic mass is 9.94. The van der Waals surface area contributed by atoms with Gasteiger partial charge in [0, 0.05) is 37.2 Å². The monoisotopic (exact) mass is 485 g/mol. The van der Waals surface area contributed by atoms with E-state index < -0.39 is 35.1 Å². The van der Waals surface area contributed by atoms with Crippen LogP contribution in [-0.4, -0.2) is 64.6 Å². The SMILES string of the molecule is CCOC(O)[C@@H](C#N)C1SC(CCNc2ccc(C3(C)CC3(F)C(F)F)cc2)C(=O)N1CC. The lowest BCUT2D eigenvalue weighted by molar-refractivity contribution is -0.138. The molecule has 0 spiro atoms. The summed E-state index contributed by atoms with van der Waals surface area (Å²) in [5.74, 6) is -0.939. The summed E-state index contributed by atoms with van der Waals surface area (Å²) < 4.78 is 45.4. The van der Waals surface area contributed by atoms with Crippen molar-refractivity contribution < 1.29 is 27.8 Å². The summed E-state index contributed by atoms with van der Waals surface area (Å²) in [5.41, 5.74) is -2.37. The molecule has 1 saturated carbocycles. The van der Waals surface area contributed by atoms with Crippen molar-refractivity contribution in [3.05, 3.63) is 29.8 Å². The second-order valence-corrected chi connectivity index (χ2v) is 9.93. The molecule has 0 bridgehead atoms. The number of nitrogens with one attached hydrogen (secondary N) is 1. The fourth-order valence-electron chi connectivity index (χ4n) is 4.39. The van der Waals surface area contributed by atoms with Gasteiger partial charge in [-0.2, -0.15) is 5.26 Å². The Morgan fingerprint density at radius 1 is 1.36 bits per heavy atom. The standard InChI is InChI=1S/C23H30F3N3O3S/c1-4-29-18(30)17(33-19(29)16(12-27)20(31)32-5-2)10-11-28-15-8-6-14(7-9-15)22(3)13-23(22,26)21(24)25/h6-9,16-17,19-21,28,31H,4-5,10-11,13H2,1-3H3/t16-,17?,19?,20?,22?,23?/m0/s1. The summed E-state index contributed by atoms with van der Waals surface area (Å²) in [4.78, 5) is 14.4. The Balaban J connectivity index is 1.56. The van der Waals surface area contributed by atoms with Crippen LogP contribution in [0.3, 0.4) is 0 Å². The van der Waals surface area contributed by atoms with Gasteiger partial charge in [0.25, 0.3) is 6.43 Å². The minimum absolute atomic E-state index is 0.0819. The summed E-state index contributed by atoms with van der Waals surface area (Å²) in [7, 11) is 0. The van der Waals surface area contributed by atoms with Gasteiger partial charge in [-0.05, 0) is 38.0 Å². The Hall–Kier alpha value is -1.96. The van der Waals surface area contributed by atoms with Gasteiger partial charge in [0.2, 0.25) is 5.91 Å². The van der Waals surface area contributed by atoms with Crippen molar-refractivity contribution in [3.8, 4) is 6.07 Å². The number of alkyl halides is 3. The van der Waals surface area contributed by atoms with Crippen molar-refractivity contribution in [2.45, 2.75) is 68.0 Å². The number of ether oxygens (including phenoxy) is 1. The molecule has 10 heteroatoms. The molecule has 2 N–H and O–H groups in total. The van der Waals surface area contributed by atoms with Crippen molar-refractivity contribution in [2.24, 2.45) is 5.92 Å². The molecule has 33 heavy (non-hydrogen) atoms. The van der Waals surface area contributed by atoms with E-state index in [1.54, 1.807) is 36.1 Å². The van der Waals surface area contributed by atoms with Gasteiger partial charge in [-0.3, -0.25) is 4.79 Å². The lowest BCUT2D eigenvalue weighted by Gasteiger charge is -2.28. The molecule has 1 heterocycles. The maximum atomic E-state index is 14.3. The predicted octanol–water partition coefficient (Wildman–Crippen LogP) is 3.91. The van der Waals surface area contributed by atoms with Crippen LogP contribution in [0.1, 0.15) is 39.2 Å². The van der Waals surface area contributed by atoms with Gasteiger partial charge in [0.1, 0.15) is 5.92 Å². The highest BCUT2D eigenvalue weighted by Gasteiger charge is 2.72. The number of aliphatic hydroxyl groups is 1. The van der Waals surface area contributed by atoms with E-state index in [0.717, 1.165) is 5.69 Å². The molecule has 1 aliphatic carbocycles. The van der Waals surface area contributed by atoms with Crippen molar-refractivity contribution in [1.82, 2.24) is 4.90 Å². The fourth-order valence-corrected chi connectivity index (χ4v) is 6.00. The molecule has 3 rings (SSSR count). The van der Waals surface area contributed by atoms with E-state index in [4.69, 9.17) is 4.74 Å². The number of amides is 1. The van der Waals surface area contributed by atoms with Crippen molar-refractivity contribution in [2.75, 3.05) is 25.0 Å². The molecular weight excluding hydrogens is 455 g/mol. The molecule has 1 aromatic carbocycles. The first kappa shape index (κ1) is 25.7. The first-order valence-electron chi connectivity index (χ1n) is 11.1. The second kappa shape index (κ2) is 10.1. The molecule has 1 amide bonds. The van der Waals surface area contributed by atoms with Crippen LogP contribution in [0.15, 0.2) is 24.3 Å². The van der Waals surface area contributed by atoms with Crippen molar-refractivity contribution in [3.63, 3.8) is 0 Å². The van der Waals surface area contributed by atoms with Gasteiger partial charge in [0.05, 0.1) is 16.7 Å². The highest BCUT2D eigenvalue weighted by molar-refractivity contribution is 8.01. The fraction of sp³-hybridized carbons (Fsp3) is 0.652. The second-order valence-electron chi connectivity index (χ2n) is 8.61. The highest BCUT2D eigenvalue weighted by Crippen LogP contribution is 2.63. The Bertz CT molecular complexity index is 884. The molecule has 5 unspecified atom stereocenters. The molecular formula is C23H30F3N3O3S. The van der Waals surface area contributed by atoms with E-state index in [0.29, 0.717) is 25.1 Å². The van der Waals surface area contributed by atoms with E-state index in [1.807, 2.05) is 6.92 Å². The van der Waals surface area contributed by atoms with E-state index >= 15 is 0 Å². The lowest BCUT2D eigenvalue weighted by Crippen LogP contribution is -2.42. The number of halogens is 3. The number of thioether (sulfide) groups is 1. The summed E-state index contributed by atoms with van der Waals surface area (Å²) in [5, 5.41) is 22.0. The van der Waals surface area contributed by atoms with Gasteiger partial charge in [-0.25, -0.2) is 13.2 Å². The average molecular weight is 486 g/mol. The van der Waals surface area contributed by atoms with E-state index in [-0.39, 0.29) is 24.2 Å². The molecule has 0 aromatic heterocycles. The minimum Gasteiger partial charge on any atom is -0.385 e. The van der Waals surface area contributed by atoms with Crippen LogP contribution >= 0.6 is 11.8 Å². The van der Waals surface area contributed by atoms with Gasteiger partial charge in [0.15, 0.2) is 12.0 Å². The predicted molar refractivity (Wildman–Crippen MR) is 121 cm³/mol. The summed E-state index contributed by atoms with van der Waals surface area (Å²) >= 11 is 1.35. The maximum Gasteiger partial charge on any atom is 0.272 e. The zero-order valence-electron chi connectivity index (χ0n) is 18.9. The topological polar surface area (TPSA) is 85.6 Å². The number of nitriles is 1. The third kappa shape index (κ3) is 4.81. The zero-order chi connectivity index (χ0) is 24.4. The van der Waals surface area contributed by atoms with Crippen LogP contribution in [0.4, 0.5) is 18.9 Å². The average Bonchev–Trinajstić information content (AvgIpc) is 3.24. The molecule has 2 aliphatic rings. The number of rotatable bonds is 11. The van der Waals surface area contributed by atoms with Crippen LogP contribution in [0, 0.1) is 17.2 Å². The minimum atomic E-state index is -3.01. The van der Waals surface area contributed by atoms with Crippen molar-refractivity contribution >= 4 is 23.4 Å². The van der Waals surface area contributed by atoms with Gasteiger partial charge < -0.3 is 20.1 Å². The number of hydrogen-bond donors (Lipinski definition) is 2. The van der Waals surface area contributed by atoms with Crippen LogP contribution < -0.4 is 5.32 Å². The molecule has 182 valence electrons. The third-order valence-electron chi connectivity index (χ3n) is 6.62. The summed E-state index contributed by atoms with van der Waals surface area (Å²) in [6.07, 6.45) is -3.97. The Kier molecular flexibility index (Phi) is 7.87. The highest BCUT2D eigenvalue weighted by atomic mass is 32.2. The number of carbonyl (C=O) groups is 1. The normalized spacial score (nSPS) is 30.9. The zero-order valence-corrected chi connectivity index (χ0v) is 19.7. The Morgan fingerprint density at radius 3 is 2.55 bits per heavy atom. The summed E-state index contributed by atoms with van der Waals surface area (Å²) in [6.45, 7) is 6.22.